The van der Waals surface area contributed by atoms with Gasteiger partial charge < -0.3 is 0 Å². The van der Waals surface area contributed by atoms with E-state index in [0.717, 1.165) is 5.84 Å². The van der Waals surface area contributed by atoms with Crippen LogP contribution < -0.4 is 5.43 Å². The van der Waals surface area contributed by atoms with Crippen LogP contribution in [0.5, 0.6) is 0 Å². The summed E-state index contributed by atoms with van der Waals surface area (Å²) in [6, 6.07) is 0. The summed E-state index contributed by atoms with van der Waals surface area (Å²) in [4.78, 5) is 1.47. The predicted octanol–water partition coefficient (Wildman–Crippen LogP) is -0.336. The summed E-state index contributed by atoms with van der Waals surface area (Å²) in [7, 11) is 0. The van der Waals surface area contributed by atoms with Crippen LogP contribution in [0, 0.1) is 11.5 Å². The predicted molar refractivity (Wildman–Crippen MR) is 28.6 cm³/mol. The summed E-state index contributed by atoms with van der Waals surface area (Å²) < 4.78 is 0. The molecule has 1 aliphatic heterocycles. The molecule has 42 valence electrons. The van der Waals surface area contributed by atoms with Gasteiger partial charge in [0, 0.05) is 0 Å². The van der Waals surface area contributed by atoms with Gasteiger partial charge >= 0.3 is 0 Å². The molecule has 0 saturated carbocycles. The Kier molecular flexibility index (Phi) is 1.04. The molecule has 0 fully saturated rings. The van der Waals surface area contributed by atoms with Crippen LogP contribution in [-0.2, 0) is 0 Å². The first-order valence-electron chi connectivity index (χ1n) is 2.29. The fourth-order valence-corrected chi connectivity index (χ4v) is 0.503. The van der Waals surface area contributed by atoms with Gasteiger partial charge in [-0.25, -0.2) is 4.90 Å². The van der Waals surface area contributed by atoms with Crippen LogP contribution in [0.15, 0.2) is 5.10 Å². The minimum absolute atomic E-state index is 0.516. The molecule has 0 amide bonds. The first kappa shape index (κ1) is 4.91. The first-order valence-corrected chi connectivity index (χ1v) is 2.29. The summed E-state index contributed by atoms with van der Waals surface area (Å²) >= 11 is 0. The molecule has 0 aliphatic carbocycles. The van der Waals surface area contributed by atoms with Crippen molar-refractivity contribution in [2.45, 2.75) is 6.92 Å². The molecule has 1 aliphatic rings. The third kappa shape index (κ3) is 0.581. The van der Waals surface area contributed by atoms with E-state index >= 15 is 0 Å². The van der Waals surface area contributed by atoms with Gasteiger partial charge in [-0.3, -0.25) is 5.43 Å². The van der Waals surface area contributed by atoms with Gasteiger partial charge in [-0.05, 0) is 6.92 Å². The molecule has 0 aromatic heterocycles. The van der Waals surface area contributed by atoms with Crippen LogP contribution in [0.25, 0.3) is 0 Å². The number of nitriles is 1. The number of hydrogen-bond donors (Lipinski definition) is 1. The molecular formula is C4H6N4. The second-order valence-electron chi connectivity index (χ2n) is 1.50. The molecule has 1 heterocycles. The molecule has 0 bridgehead atoms. The smallest absolute Gasteiger partial charge is 0.187 e. The van der Waals surface area contributed by atoms with Gasteiger partial charge in [0.2, 0.25) is 0 Å². The second kappa shape index (κ2) is 1.70. The van der Waals surface area contributed by atoms with Crippen molar-refractivity contribution in [3.63, 3.8) is 0 Å². The molecule has 4 nitrogen and oxygen atoms in total. The molecule has 0 atom stereocenters. The molecule has 0 saturated heterocycles. The molecule has 0 radical (unpaired) electrons. The van der Waals surface area contributed by atoms with Gasteiger partial charge in [0.25, 0.3) is 0 Å². The van der Waals surface area contributed by atoms with Crippen molar-refractivity contribution < 1.29 is 0 Å². The normalized spacial score (nSPS) is 17.0. The number of amidine groups is 1. The monoisotopic (exact) mass is 110 g/mol. The van der Waals surface area contributed by atoms with Crippen LogP contribution in [0.2, 0.25) is 0 Å². The summed E-state index contributed by atoms with van der Waals surface area (Å²) in [5.74, 6) is 0.729. The molecule has 1 rings (SSSR count). The Morgan fingerprint density at radius 1 is 2.00 bits per heavy atom. The Labute approximate surface area is 47.4 Å². The maximum atomic E-state index is 8.29. The number of nitrogens with one attached hydrogen (secondary N) is 1. The van der Waals surface area contributed by atoms with Gasteiger partial charge in [0.05, 0.1) is 0 Å². The van der Waals surface area contributed by atoms with E-state index < -0.39 is 0 Å². The molecule has 0 spiro atoms. The van der Waals surface area contributed by atoms with Gasteiger partial charge in [0.1, 0.15) is 12.5 Å². The van der Waals surface area contributed by atoms with Crippen molar-refractivity contribution in [2.75, 3.05) is 6.67 Å². The van der Waals surface area contributed by atoms with E-state index in [9.17, 15) is 0 Å². The molecule has 0 aromatic carbocycles. The zero-order valence-electron chi connectivity index (χ0n) is 4.55. The van der Waals surface area contributed by atoms with E-state index in [-0.39, 0.29) is 0 Å². The Morgan fingerprint density at radius 3 is 3.00 bits per heavy atom. The zero-order valence-corrected chi connectivity index (χ0v) is 4.55. The molecule has 0 aromatic rings. The Hall–Kier alpha value is -1.24. The summed E-state index contributed by atoms with van der Waals surface area (Å²) in [6.07, 6.45) is 1.95. The SMILES string of the molecule is CC1=NNCN1C#N. The molecular weight excluding hydrogens is 104 g/mol. The van der Waals surface area contributed by atoms with Crippen molar-refractivity contribution in [3.05, 3.63) is 0 Å². The highest BCUT2D eigenvalue weighted by atomic mass is 15.5. The number of hydrazone groups is 1. The molecule has 8 heavy (non-hydrogen) atoms. The number of nitrogens with zero attached hydrogens (tertiary/aromatic N) is 3. The first-order chi connectivity index (χ1) is 3.84. The van der Waals surface area contributed by atoms with E-state index in [1.807, 2.05) is 6.19 Å². The third-order valence-corrected chi connectivity index (χ3v) is 0.981. The maximum absolute atomic E-state index is 8.29. The zero-order chi connectivity index (χ0) is 5.98. The van der Waals surface area contributed by atoms with Crippen LogP contribution in [0.1, 0.15) is 6.92 Å². The van der Waals surface area contributed by atoms with E-state index in [2.05, 4.69) is 10.5 Å². The molecule has 0 unspecified atom stereocenters. The lowest BCUT2D eigenvalue weighted by molar-refractivity contribution is 0.564. The van der Waals surface area contributed by atoms with E-state index in [4.69, 9.17) is 5.26 Å². The minimum atomic E-state index is 0.516. The molecule has 4 heteroatoms. The van der Waals surface area contributed by atoms with Crippen LogP contribution in [0.3, 0.4) is 0 Å². The standard InChI is InChI=1S/C4H6N4/c1-4-7-6-3-8(4)2-5/h6H,3H2,1H3. The average molecular weight is 110 g/mol. The fraction of sp³-hybridized carbons (Fsp3) is 0.500. The van der Waals surface area contributed by atoms with Crippen LogP contribution in [-0.4, -0.2) is 17.4 Å². The highest BCUT2D eigenvalue weighted by molar-refractivity contribution is 5.81. The second-order valence-corrected chi connectivity index (χ2v) is 1.50. The highest BCUT2D eigenvalue weighted by Crippen LogP contribution is 1.91. The largest absolute Gasteiger partial charge is 0.288 e. The molecule has 1 N–H and O–H groups in total. The van der Waals surface area contributed by atoms with E-state index in [1.165, 1.54) is 4.90 Å². The van der Waals surface area contributed by atoms with Crippen molar-refractivity contribution in [1.82, 2.24) is 10.3 Å². The van der Waals surface area contributed by atoms with Gasteiger partial charge in [-0.1, -0.05) is 0 Å². The quantitative estimate of drug-likeness (QED) is 0.434. The third-order valence-electron chi connectivity index (χ3n) is 0.981. The Balaban J connectivity index is 2.63. The highest BCUT2D eigenvalue weighted by Gasteiger charge is 2.08. The number of hydrogen-bond acceptors (Lipinski definition) is 4. The fourth-order valence-electron chi connectivity index (χ4n) is 0.503. The maximum Gasteiger partial charge on any atom is 0.187 e. The Morgan fingerprint density at radius 2 is 2.75 bits per heavy atom. The lowest BCUT2D eigenvalue weighted by Gasteiger charge is -2.00. The van der Waals surface area contributed by atoms with Crippen molar-refractivity contribution in [1.29, 1.82) is 5.26 Å². The summed E-state index contributed by atoms with van der Waals surface area (Å²) in [5.41, 5.74) is 2.66. The number of rotatable bonds is 0. The van der Waals surface area contributed by atoms with Gasteiger partial charge in [-0.15, -0.1) is 0 Å². The minimum Gasteiger partial charge on any atom is -0.288 e. The van der Waals surface area contributed by atoms with E-state index in [1.54, 1.807) is 6.92 Å². The van der Waals surface area contributed by atoms with Gasteiger partial charge in [0.15, 0.2) is 6.19 Å². The van der Waals surface area contributed by atoms with Crippen LogP contribution in [0.4, 0.5) is 0 Å². The average Bonchev–Trinajstić information content (AvgIpc) is 2.14. The lowest BCUT2D eigenvalue weighted by atomic mass is 10.6. The van der Waals surface area contributed by atoms with Crippen molar-refractivity contribution in [2.24, 2.45) is 5.10 Å². The van der Waals surface area contributed by atoms with Crippen LogP contribution >= 0.6 is 0 Å². The van der Waals surface area contributed by atoms with Crippen molar-refractivity contribution >= 4 is 5.84 Å². The van der Waals surface area contributed by atoms with E-state index in [0.29, 0.717) is 6.67 Å². The Bertz CT molecular complexity index is 154. The lowest BCUT2D eigenvalue weighted by Crippen LogP contribution is -2.21. The van der Waals surface area contributed by atoms with Crippen molar-refractivity contribution in [3.8, 4) is 6.19 Å². The topological polar surface area (TPSA) is 51.4 Å². The summed E-state index contributed by atoms with van der Waals surface area (Å²) in [5, 5.41) is 12.0. The summed E-state index contributed by atoms with van der Waals surface area (Å²) in [6.45, 7) is 2.30. The van der Waals surface area contributed by atoms with Gasteiger partial charge in [-0.2, -0.15) is 10.4 Å².